The van der Waals surface area contributed by atoms with E-state index in [1.165, 1.54) is 0 Å². The fourth-order valence-electron chi connectivity index (χ4n) is 3.05. The van der Waals surface area contributed by atoms with E-state index in [2.05, 4.69) is 67.7 Å². The minimum absolute atomic E-state index is 0.00104. The maximum Gasteiger partial charge on any atom is 0.347 e. The summed E-state index contributed by atoms with van der Waals surface area (Å²) >= 11 is 0. The molecule has 3 rings (SSSR count). The highest BCUT2D eigenvalue weighted by Gasteiger charge is 2.40. The maximum atomic E-state index is 13.1. The number of hydrogen-bond acceptors (Lipinski definition) is 5. The molecule has 0 bridgehead atoms. The molecule has 0 amide bonds. The molecule has 0 aliphatic heterocycles. The monoisotopic (exact) mass is 498 g/mol. The SMILES string of the molecule is CC(C)(C)[Si](C)(C)Oc1ccc(-c2cc3cccc(O[Si](C)(C)C(C)(C)C)c3c(=O)o2)cc1O. The van der Waals surface area contributed by atoms with E-state index in [1.807, 2.05) is 30.3 Å². The summed E-state index contributed by atoms with van der Waals surface area (Å²) in [7, 11) is -4.24. The second kappa shape index (κ2) is 8.61. The Bertz CT molecular complexity index is 1260. The lowest BCUT2D eigenvalue weighted by molar-refractivity contribution is 0.422. The van der Waals surface area contributed by atoms with E-state index in [9.17, 15) is 9.90 Å². The van der Waals surface area contributed by atoms with Gasteiger partial charge in [0.25, 0.3) is 16.6 Å². The van der Waals surface area contributed by atoms with Crippen molar-refractivity contribution in [2.45, 2.75) is 77.8 Å². The lowest BCUT2D eigenvalue weighted by Gasteiger charge is -2.36. The molecule has 0 aliphatic rings. The number of rotatable bonds is 5. The first-order valence-electron chi connectivity index (χ1n) is 11.7. The van der Waals surface area contributed by atoms with Crippen molar-refractivity contribution in [3.05, 3.63) is 52.9 Å². The molecule has 0 aliphatic carbocycles. The lowest BCUT2D eigenvalue weighted by Crippen LogP contribution is -2.44. The zero-order chi connectivity index (χ0) is 25.7. The normalized spacial score (nSPS) is 13.2. The van der Waals surface area contributed by atoms with Gasteiger partial charge in [0.1, 0.15) is 22.6 Å². The first kappa shape index (κ1) is 26.1. The highest BCUT2D eigenvalue weighted by molar-refractivity contribution is 6.75. The molecule has 0 spiro atoms. The number of hydrogen-bond donors (Lipinski definition) is 1. The van der Waals surface area contributed by atoms with Crippen LogP contribution in [0.4, 0.5) is 0 Å². The van der Waals surface area contributed by atoms with E-state index in [0.29, 0.717) is 28.2 Å². The highest BCUT2D eigenvalue weighted by Crippen LogP contribution is 2.42. The smallest absolute Gasteiger partial charge is 0.347 e. The fourth-order valence-corrected chi connectivity index (χ4v) is 5.10. The average molecular weight is 499 g/mol. The third-order valence-electron chi connectivity index (χ3n) is 7.34. The molecular weight excluding hydrogens is 460 g/mol. The van der Waals surface area contributed by atoms with Crippen molar-refractivity contribution in [2.75, 3.05) is 0 Å². The van der Waals surface area contributed by atoms with Gasteiger partial charge in [-0.2, -0.15) is 0 Å². The van der Waals surface area contributed by atoms with Gasteiger partial charge in [-0.1, -0.05) is 53.7 Å². The van der Waals surface area contributed by atoms with E-state index in [4.69, 9.17) is 13.3 Å². The topological polar surface area (TPSA) is 68.9 Å². The molecule has 3 aromatic rings. The molecule has 1 N–H and O–H groups in total. The van der Waals surface area contributed by atoms with Crippen molar-refractivity contribution in [3.8, 4) is 28.6 Å². The number of fused-ring (bicyclic) bond motifs is 1. The van der Waals surface area contributed by atoms with Gasteiger partial charge >= 0.3 is 5.63 Å². The zero-order valence-corrected chi connectivity index (χ0v) is 24.1. The Morgan fingerprint density at radius 3 is 1.88 bits per heavy atom. The first-order valence-corrected chi connectivity index (χ1v) is 17.5. The molecule has 184 valence electrons. The van der Waals surface area contributed by atoms with Crippen molar-refractivity contribution in [1.82, 2.24) is 0 Å². The van der Waals surface area contributed by atoms with Crippen LogP contribution in [0.1, 0.15) is 41.5 Å². The third kappa shape index (κ3) is 5.10. The fraction of sp³-hybridized carbons (Fsp3) is 0.444. The molecule has 2 aromatic carbocycles. The zero-order valence-electron chi connectivity index (χ0n) is 22.1. The van der Waals surface area contributed by atoms with Crippen LogP contribution in [-0.2, 0) is 0 Å². The van der Waals surface area contributed by atoms with Gasteiger partial charge in [0.2, 0.25) is 0 Å². The molecule has 1 aromatic heterocycles. The Morgan fingerprint density at radius 1 is 0.794 bits per heavy atom. The quantitative estimate of drug-likeness (QED) is 0.362. The van der Waals surface area contributed by atoms with Crippen molar-refractivity contribution in [2.24, 2.45) is 0 Å². The van der Waals surface area contributed by atoms with Crippen LogP contribution in [0, 0.1) is 0 Å². The molecule has 0 saturated heterocycles. The van der Waals surface area contributed by atoms with E-state index >= 15 is 0 Å². The van der Waals surface area contributed by atoms with Crippen LogP contribution in [0.15, 0.2) is 51.7 Å². The Kier molecular flexibility index (Phi) is 6.61. The van der Waals surface area contributed by atoms with Crippen LogP contribution < -0.4 is 14.5 Å². The molecule has 0 radical (unpaired) electrons. The second-order valence-electron chi connectivity index (χ2n) is 12.0. The van der Waals surface area contributed by atoms with Gasteiger partial charge in [0.05, 0.1) is 0 Å². The first-order chi connectivity index (χ1) is 15.4. The Hall–Kier alpha value is -2.52. The summed E-state index contributed by atoms with van der Waals surface area (Å²) in [6, 6.07) is 12.6. The van der Waals surface area contributed by atoms with Crippen LogP contribution in [0.5, 0.6) is 17.2 Å². The van der Waals surface area contributed by atoms with E-state index < -0.39 is 22.3 Å². The van der Waals surface area contributed by atoms with Gasteiger partial charge in [-0.05, 0) is 72.0 Å². The van der Waals surface area contributed by atoms with E-state index in [1.54, 1.807) is 12.1 Å². The number of benzene rings is 2. The minimum atomic E-state index is -2.13. The predicted molar refractivity (Wildman–Crippen MR) is 145 cm³/mol. The summed E-state index contributed by atoms with van der Waals surface area (Å²) in [6.07, 6.45) is 0. The van der Waals surface area contributed by atoms with Crippen LogP contribution in [0.25, 0.3) is 22.1 Å². The van der Waals surface area contributed by atoms with E-state index in [-0.39, 0.29) is 15.8 Å². The molecule has 0 atom stereocenters. The van der Waals surface area contributed by atoms with Gasteiger partial charge in [0, 0.05) is 5.56 Å². The standard InChI is InChI=1S/C27H38O5Si2/c1-26(2,3)33(7,8)31-21-15-14-18(16-20(21)28)23-17-19-12-11-13-22(24(19)25(29)30-23)32-34(9,10)27(4,5)6/h11-17,28H,1-10H3. The van der Waals surface area contributed by atoms with Crippen LogP contribution in [0.2, 0.25) is 36.3 Å². The largest absolute Gasteiger partial charge is 0.543 e. The Labute approximate surface area is 205 Å². The molecule has 5 nitrogen and oxygen atoms in total. The van der Waals surface area contributed by atoms with Crippen LogP contribution in [0.3, 0.4) is 0 Å². The van der Waals surface area contributed by atoms with Gasteiger partial charge in [0.15, 0.2) is 5.75 Å². The molecule has 0 unspecified atom stereocenters. The summed E-state index contributed by atoms with van der Waals surface area (Å²) < 4.78 is 18.4. The summed E-state index contributed by atoms with van der Waals surface area (Å²) in [5.74, 6) is 1.42. The van der Waals surface area contributed by atoms with E-state index in [0.717, 1.165) is 5.39 Å². The summed E-state index contributed by atoms with van der Waals surface area (Å²) in [5, 5.41) is 11.9. The van der Waals surface area contributed by atoms with Crippen molar-refractivity contribution >= 4 is 27.4 Å². The minimum Gasteiger partial charge on any atom is -0.543 e. The Balaban J connectivity index is 2.01. The molecule has 0 fully saturated rings. The number of phenols is 1. The second-order valence-corrected chi connectivity index (χ2v) is 21.5. The predicted octanol–water partition coefficient (Wildman–Crippen LogP) is 7.93. The molecule has 7 heteroatoms. The highest BCUT2D eigenvalue weighted by atomic mass is 28.4. The molecule has 1 heterocycles. The van der Waals surface area contributed by atoms with Crippen molar-refractivity contribution in [3.63, 3.8) is 0 Å². The van der Waals surface area contributed by atoms with Gasteiger partial charge in [-0.15, -0.1) is 0 Å². The van der Waals surface area contributed by atoms with Gasteiger partial charge in [-0.25, -0.2) is 4.79 Å². The van der Waals surface area contributed by atoms with Crippen LogP contribution >= 0.6 is 0 Å². The Morgan fingerprint density at radius 2 is 1.35 bits per heavy atom. The molecule has 34 heavy (non-hydrogen) atoms. The maximum absolute atomic E-state index is 13.1. The summed E-state index contributed by atoms with van der Waals surface area (Å²) in [5.41, 5.74) is 0.151. The summed E-state index contributed by atoms with van der Waals surface area (Å²) in [4.78, 5) is 13.1. The van der Waals surface area contributed by atoms with Gasteiger partial charge in [-0.3, -0.25) is 0 Å². The lowest BCUT2D eigenvalue weighted by atomic mass is 10.1. The summed E-state index contributed by atoms with van der Waals surface area (Å²) in [6.45, 7) is 21.5. The molecule has 0 saturated carbocycles. The number of phenolic OH excluding ortho intramolecular Hbond substituents is 1. The van der Waals surface area contributed by atoms with Gasteiger partial charge < -0.3 is 18.4 Å². The molecular formula is C27H38O5Si2. The average Bonchev–Trinajstić information content (AvgIpc) is 2.67. The number of aromatic hydroxyl groups is 1. The van der Waals surface area contributed by atoms with Crippen molar-refractivity contribution in [1.29, 1.82) is 0 Å². The van der Waals surface area contributed by atoms with Crippen molar-refractivity contribution < 1.29 is 18.4 Å². The third-order valence-corrected chi connectivity index (χ3v) is 16.0. The van der Waals surface area contributed by atoms with Crippen LogP contribution in [-0.4, -0.2) is 21.7 Å².